The van der Waals surface area contributed by atoms with Gasteiger partial charge in [0.05, 0.1) is 27.5 Å². The van der Waals surface area contributed by atoms with Crippen LogP contribution in [-0.2, 0) is 11.0 Å². The molecule has 1 amide bonds. The largest absolute Gasteiger partial charge is 0.416 e. The third-order valence-corrected chi connectivity index (χ3v) is 4.90. The third kappa shape index (κ3) is 4.28. The predicted octanol–water partition coefficient (Wildman–Crippen LogP) is 5.64. The second-order valence-electron chi connectivity index (χ2n) is 5.36. The predicted molar refractivity (Wildman–Crippen MR) is 97.6 cm³/mol. The maximum Gasteiger partial charge on any atom is 0.416 e. The summed E-state index contributed by atoms with van der Waals surface area (Å²) < 4.78 is 38.4. The van der Waals surface area contributed by atoms with E-state index in [9.17, 15) is 18.0 Å². The molecule has 1 N–H and O–H groups in total. The Balaban J connectivity index is 1.71. The van der Waals surface area contributed by atoms with Gasteiger partial charge in [0.1, 0.15) is 0 Å². The van der Waals surface area contributed by atoms with E-state index in [1.54, 1.807) is 6.20 Å². The molecule has 3 aromatic rings. The van der Waals surface area contributed by atoms with Crippen molar-refractivity contribution in [1.82, 2.24) is 4.98 Å². The van der Waals surface area contributed by atoms with Crippen molar-refractivity contribution < 1.29 is 18.0 Å². The minimum Gasteiger partial charge on any atom is -0.324 e. The Morgan fingerprint density at radius 3 is 2.69 bits per heavy atom. The molecule has 1 heterocycles. The smallest absolute Gasteiger partial charge is 0.324 e. The van der Waals surface area contributed by atoms with Gasteiger partial charge in [-0.25, -0.2) is 0 Å². The van der Waals surface area contributed by atoms with Crippen molar-refractivity contribution in [3.63, 3.8) is 0 Å². The first-order chi connectivity index (χ1) is 12.3. The van der Waals surface area contributed by atoms with Gasteiger partial charge in [-0.3, -0.25) is 9.78 Å². The van der Waals surface area contributed by atoms with Crippen molar-refractivity contribution in [2.75, 3.05) is 11.1 Å². The monoisotopic (exact) mass is 396 g/mol. The molecule has 0 bridgehead atoms. The minimum atomic E-state index is -4.51. The SMILES string of the molecule is O=C(CSc1cccc2cccnc12)Nc1cc(C(F)(F)F)ccc1Cl. The number of hydrogen-bond donors (Lipinski definition) is 1. The summed E-state index contributed by atoms with van der Waals surface area (Å²) in [6.45, 7) is 0. The lowest BCUT2D eigenvalue weighted by Crippen LogP contribution is -2.15. The molecular formula is C18H12ClF3N2OS. The van der Waals surface area contributed by atoms with Gasteiger partial charge in [0.15, 0.2) is 0 Å². The molecule has 0 radical (unpaired) electrons. The fraction of sp³-hybridized carbons (Fsp3) is 0.111. The number of amides is 1. The van der Waals surface area contributed by atoms with Crippen LogP contribution in [-0.4, -0.2) is 16.6 Å². The zero-order valence-electron chi connectivity index (χ0n) is 13.2. The van der Waals surface area contributed by atoms with E-state index in [0.717, 1.165) is 34.0 Å². The number of carbonyl (C=O) groups is 1. The van der Waals surface area contributed by atoms with Gasteiger partial charge in [-0.05, 0) is 30.3 Å². The molecule has 0 unspecified atom stereocenters. The average Bonchev–Trinajstić information content (AvgIpc) is 2.61. The quantitative estimate of drug-likeness (QED) is 0.580. The van der Waals surface area contributed by atoms with Crippen molar-refractivity contribution >= 4 is 45.9 Å². The summed E-state index contributed by atoms with van der Waals surface area (Å²) in [6.07, 6.45) is -2.84. The van der Waals surface area contributed by atoms with E-state index < -0.39 is 17.6 Å². The van der Waals surface area contributed by atoms with Crippen LogP contribution in [0.4, 0.5) is 18.9 Å². The van der Waals surface area contributed by atoms with E-state index in [-0.39, 0.29) is 16.5 Å². The average molecular weight is 397 g/mol. The van der Waals surface area contributed by atoms with Crippen LogP contribution in [0.15, 0.2) is 59.6 Å². The maximum absolute atomic E-state index is 12.8. The summed E-state index contributed by atoms with van der Waals surface area (Å²) in [5, 5.41) is 3.42. The number of rotatable bonds is 4. The van der Waals surface area contributed by atoms with Gasteiger partial charge in [0.25, 0.3) is 0 Å². The second kappa shape index (κ2) is 7.55. The summed E-state index contributed by atoms with van der Waals surface area (Å²) in [6, 6.07) is 12.1. The third-order valence-electron chi connectivity index (χ3n) is 3.52. The summed E-state index contributed by atoms with van der Waals surface area (Å²) >= 11 is 7.14. The molecule has 0 aliphatic carbocycles. The van der Waals surface area contributed by atoms with E-state index in [1.807, 2.05) is 30.3 Å². The number of alkyl halides is 3. The van der Waals surface area contributed by atoms with Crippen molar-refractivity contribution in [3.8, 4) is 0 Å². The Morgan fingerprint density at radius 2 is 1.92 bits per heavy atom. The molecular weight excluding hydrogens is 385 g/mol. The molecule has 26 heavy (non-hydrogen) atoms. The Morgan fingerprint density at radius 1 is 1.15 bits per heavy atom. The number of halogens is 4. The summed E-state index contributed by atoms with van der Waals surface area (Å²) in [4.78, 5) is 17.3. The van der Waals surface area contributed by atoms with Crippen LogP contribution in [0.1, 0.15) is 5.56 Å². The molecule has 3 rings (SSSR count). The molecule has 0 fully saturated rings. The fourth-order valence-electron chi connectivity index (χ4n) is 2.32. The van der Waals surface area contributed by atoms with Crippen LogP contribution in [0.3, 0.4) is 0 Å². The van der Waals surface area contributed by atoms with Crippen molar-refractivity contribution in [2.24, 2.45) is 0 Å². The molecule has 3 nitrogen and oxygen atoms in total. The summed E-state index contributed by atoms with van der Waals surface area (Å²) in [5.41, 5.74) is -0.170. The van der Waals surface area contributed by atoms with Gasteiger partial charge < -0.3 is 5.32 Å². The highest BCUT2D eigenvalue weighted by molar-refractivity contribution is 8.00. The Hall–Kier alpha value is -2.25. The molecule has 8 heteroatoms. The van der Waals surface area contributed by atoms with Crippen LogP contribution >= 0.6 is 23.4 Å². The number of nitrogens with one attached hydrogen (secondary N) is 1. The first-order valence-corrected chi connectivity index (χ1v) is 8.84. The lowest BCUT2D eigenvalue weighted by atomic mass is 10.2. The number of pyridine rings is 1. The Labute approximate surface area is 156 Å². The fourth-order valence-corrected chi connectivity index (χ4v) is 3.33. The van der Waals surface area contributed by atoms with E-state index in [4.69, 9.17) is 11.6 Å². The first-order valence-electron chi connectivity index (χ1n) is 7.48. The Kier molecular flexibility index (Phi) is 5.38. The lowest BCUT2D eigenvalue weighted by molar-refractivity contribution is -0.137. The topological polar surface area (TPSA) is 42.0 Å². The second-order valence-corrected chi connectivity index (χ2v) is 6.78. The number of fused-ring (bicyclic) bond motifs is 1. The van der Waals surface area contributed by atoms with Crippen LogP contribution in [0.2, 0.25) is 5.02 Å². The highest BCUT2D eigenvalue weighted by Crippen LogP contribution is 2.34. The standard InChI is InChI=1S/C18H12ClF3N2OS/c19-13-7-6-12(18(20,21)22)9-14(13)24-16(25)10-26-15-5-1-3-11-4-2-8-23-17(11)15/h1-9H,10H2,(H,24,25). The number of hydrogen-bond acceptors (Lipinski definition) is 3. The maximum atomic E-state index is 12.8. The highest BCUT2D eigenvalue weighted by atomic mass is 35.5. The zero-order chi connectivity index (χ0) is 18.7. The number of anilines is 1. The number of para-hydroxylation sites is 1. The van der Waals surface area contributed by atoms with E-state index in [1.165, 1.54) is 11.8 Å². The van der Waals surface area contributed by atoms with Gasteiger partial charge in [0, 0.05) is 16.5 Å². The molecule has 0 aliphatic heterocycles. The summed E-state index contributed by atoms with van der Waals surface area (Å²) in [5.74, 6) is -0.438. The molecule has 2 aromatic carbocycles. The van der Waals surface area contributed by atoms with Crippen LogP contribution in [0.25, 0.3) is 10.9 Å². The minimum absolute atomic E-state index is 0.0161. The molecule has 0 atom stereocenters. The van der Waals surface area contributed by atoms with Crippen LogP contribution in [0, 0.1) is 0 Å². The summed E-state index contributed by atoms with van der Waals surface area (Å²) in [7, 11) is 0. The van der Waals surface area contributed by atoms with Gasteiger partial charge in [-0.2, -0.15) is 13.2 Å². The molecule has 0 aliphatic rings. The van der Waals surface area contributed by atoms with Crippen molar-refractivity contribution in [2.45, 2.75) is 11.1 Å². The molecule has 0 saturated carbocycles. The molecule has 134 valence electrons. The number of thioether (sulfide) groups is 1. The molecule has 1 aromatic heterocycles. The Bertz CT molecular complexity index is 957. The van der Waals surface area contributed by atoms with E-state index in [2.05, 4.69) is 10.3 Å². The first kappa shape index (κ1) is 18.5. The van der Waals surface area contributed by atoms with Crippen molar-refractivity contribution in [3.05, 3.63) is 65.3 Å². The molecule has 0 saturated heterocycles. The number of nitrogens with zero attached hydrogens (tertiary/aromatic N) is 1. The normalized spacial score (nSPS) is 11.5. The van der Waals surface area contributed by atoms with Gasteiger partial charge in [-0.1, -0.05) is 29.8 Å². The zero-order valence-corrected chi connectivity index (χ0v) is 14.8. The highest BCUT2D eigenvalue weighted by Gasteiger charge is 2.31. The van der Waals surface area contributed by atoms with Crippen LogP contribution in [0.5, 0.6) is 0 Å². The van der Waals surface area contributed by atoms with Gasteiger partial charge >= 0.3 is 6.18 Å². The molecule has 0 spiro atoms. The number of aromatic nitrogens is 1. The van der Waals surface area contributed by atoms with E-state index >= 15 is 0 Å². The number of benzene rings is 2. The van der Waals surface area contributed by atoms with Crippen LogP contribution < -0.4 is 5.32 Å². The van der Waals surface area contributed by atoms with E-state index in [0.29, 0.717) is 0 Å². The lowest BCUT2D eigenvalue weighted by Gasteiger charge is -2.12. The number of carbonyl (C=O) groups excluding carboxylic acids is 1. The van der Waals surface area contributed by atoms with Gasteiger partial charge in [0.2, 0.25) is 5.91 Å². The van der Waals surface area contributed by atoms with Crippen molar-refractivity contribution in [1.29, 1.82) is 0 Å². The van der Waals surface area contributed by atoms with Gasteiger partial charge in [-0.15, -0.1) is 11.8 Å².